The molecule has 8 nitrogen and oxygen atoms in total. The number of para-hydroxylation sites is 1. The van der Waals surface area contributed by atoms with Gasteiger partial charge in [-0.1, -0.05) is 55.2 Å². The number of hydrogen-bond donors (Lipinski definition) is 1. The maximum atomic E-state index is 13.1. The SMILES string of the molecule is COc1ccc(-c2cnc(NC(=O)Cc3ccc(-n4nnc5ccccc54)cc3)c(CC3CCCC3)n2)cc1. The van der Waals surface area contributed by atoms with Crippen molar-refractivity contribution >= 4 is 22.8 Å². The summed E-state index contributed by atoms with van der Waals surface area (Å²) in [5.41, 5.74) is 6.18. The van der Waals surface area contributed by atoms with E-state index < -0.39 is 0 Å². The van der Waals surface area contributed by atoms with Crippen LogP contribution in [0.2, 0.25) is 0 Å². The third-order valence-corrected chi connectivity index (χ3v) is 7.34. The summed E-state index contributed by atoms with van der Waals surface area (Å²) in [4.78, 5) is 22.7. The molecule has 5 aromatic rings. The first-order valence-electron chi connectivity index (χ1n) is 13.4. The summed E-state index contributed by atoms with van der Waals surface area (Å²) in [5.74, 6) is 1.80. The number of anilines is 1. The number of nitrogens with zero attached hydrogens (tertiary/aromatic N) is 5. The van der Waals surface area contributed by atoms with Gasteiger partial charge in [0.1, 0.15) is 11.3 Å². The van der Waals surface area contributed by atoms with Crippen LogP contribution in [0.15, 0.2) is 79.0 Å². The number of methoxy groups -OCH3 is 1. The summed E-state index contributed by atoms with van der Waals surface area (Å²) < 4.78 is 7.08. The van der Waals surface area contributed by atoms with Gasteiger partial charge in [0.05, 0.1) is 42.3 Å². The maximum Gasteiger partial charge on any atom is 0.229 e. The Labute approximate surface area is 227 Å². The van der Waals surface area contributed by atoms with Crippen LogP contribution >= 0.6 is 0 Å². The molecule has 1 saturated carbocycles. The molecule has 6 rings (SSSR count). The number of fused-ring (bicyclic) bond motifs is 1. The molecule has 1 N–H and O–H groups in total. The third kappa shape index (κ3) is 5.50. The van der Waals surface area contributed by atoms with Crippen molar-refractivity contribution in [1.29, 1.82) is 0 Å². The number of rotatable bonds is 8. The Bertz CT molecular complexity index is 1590. The Morgan fingerprint density at radius 1 is 1.00 bits per heavy atom. The number of hydrogen-bond acceptors (Lipinski definition) is 6. The molecule has 39 heavy (non-hydrogen) atoms. The van der Waals surface area contributed by atoms with Crippen molar-refractivity contribution in [3.8, 4) is 22.7 Å². The molecule has 196 valence electrons. The van der Waals surface area contributed by atoms with Crippen molar-refractivity contribution in [3.05, 3.63) is 90.3 Å². The van der Waals surface area contributed by atoms with E-state index in [9.17, 15) is 4.79 Å². The van der Waals surface area contributed by atoms with Crippen molar-refractivity contribution in [3.63, 3.8) is 0 Å². The van der Waals surface area contributed by atoms with Gasteiger partial charge in [0.25, 0.3) is 0 Å². The van der Waals surface area contributed by atoms with Gasteiger partial charge in [-0.2, -0.15) is 0 Å². The number of benzene rings is 3. The summed E-state index contributed by atoms with van der Waals surface area (Å²) in [6.07, 6.45) is 7.66. The lowest BCUT2D eigenvalue weighted by atomic mass is 10.0. The highest BCUT2D eigenvalue weighted by molar-refractivity contribution is 5.92. The monoisotopic (exact) mass is 518 g/mol. The van der Waals surface area contributed by atoms with Crippen molar-refractivity contribution in [2.75, 3.05) is 12.4 Å². The van der Waals surface area contributed by atoms with Crippen LogP contribution in [0.5, 0.6) is 5.75 Å². The van der Waals surface area contributed by atoms with Crippen LogP contribution in [0.4, 0.5) is 5.82 Å². The average Bonchev–Trinajstić information content (AvgIpc) is 3.65. The Balaban J connectivity index is 1.18. The van der Waals surface area contributed by atoms with Gasteiger partial charge in [-0.15, -0.1) is 5.10 Å². The quantitative estimate of drug-likeness (QED) is 0.279. The van der Waals surface area contributed by atoms with Crippen LogP contribution in [-0.4, -0.2) is 38.0 Å². The first-order valence-corrected chi connectivity index (χ1v) is 13.4. The van der Waals surface area contributed by atoms with Crippen LogP contribution in [0.1, 0.15) is 36.9 Å². The zero-order chi connectivity index (χ0) is 26.6. The molecule has 0 aliphatic heterocycles. The predicted octanol–water partition coefficient (Wildman–Crippen LogP) is 5.80. The van der Waals surface area contributed by atoms with Gasteiger partial charge in [0.15, 0.2) is 5.82 Å². The molecule has 0 atom stereocenters. The Hall–Kier alpha value is -4.59. The van der Waals surface area contributed by atoms with Gasteiger partial charge in [-0.25, -0.2) is 14.6 Å². The topological polar surface area (TPSA) is 94.8 Å². The van der Waals surface area contributed by atoms with E-state index in [0.717, 1.165) is 51.4 Å². The van der Waals surface area contributed by atoms with E-state index in [1.54, 1.807) is 18.0 Å². The molecule has 2 heterocycles. The first kappa shape index (κ1) is 24.7. The summed E-state index contributed by atoms with van der Waals surface area (Å²) >= 11 is 0. The highest BCUT2D eigenvalue weighted by Crippen LogP contribution is 2.30. The molecule has 1 amide bonds. The fourth-order valence-electron chi connectivity index (χ4n) is 5.24. The minimum atomic E-state index is -0.117. The molecule has 0 bridgehead atoms. The van der Waals surface area contributed by atoms with Crippen LogP contribution < -0.4 is 10.1 Å². The summed E-state index contributed by atoms with van der Waals surface area (Å²) in [5, 5.41) is 11.5. The molecule has 1 fully saturated rings. The molecule has 3 aromatic carbocycles. The van der Waals surface area contributed by atoms with Gasteiger partial charge in [0.2, 0.25) is 5.91 Å². The minimum absolute atomic E-state index is 0.117. The number of carbonyl (C=O) groups is 1. The minimum Gasteiger partial charge on any atom is -0.497 e. The zero-order valence-electron chi connectivity index (χ0n) is 21.9. The molecular weight excluding hydrogens is 488 g/mol. The Morgan fingerprint density at radius 2 is 1.77 bits per heavy atom. The Kier molecular flexibility index (Phi) is 6.99. The lowest BCUT2D eigenvalue weighted by Crippen LogP contribution is -2.18. The fourth-order valence-corrected chi connectivity index (χ4v) is 5.24. The van der Waals surface area contributed by atoms with Crippen LogP contribution in [-0.2, 0) is 17.6 Å². The molecule has 0 unspecified atom stereocenters. The molecule has 0 spiro atoms. The van der Waals surface area contributed by atoms with Crippen LogP contribution in [0, 0.1) is 5.92 Å². The second-order valence-corrected chi connectivity index (χ2v) is 10.0. The van der Waals surface area contributed by atoms with Gasteiger partial charge in [-0.3, -0.25) is 4.79 Å². The third-order valence-electron chi connectivity index (χ3n) is 7.34. The van der Waals surface area contributed by atoms with Crippen molar-refractivity contribution in [2.45, 2.75) is 38.5 Å². The molecular formula is C31H30N6O2. The fraction of sp³-hybridized carbons (Fsp3) is 0.258. The average molecular weight is 519 g/mol. The van der Waals surface area contributed by atoms with Crippen LogP contribution in [0.25, 0.3) is 28.0 Å². The number of nitrogens with one attached hydrogen (secondary N) is 1. The normalized spacial score (nSPS) is 13.6. The predicted molar refractivity (Wildman–Crippen MR) is 151 cm³/mol. The van der Waals surface area contributed by atoms with Crippen molar-refractivity contribution < 1.29 is 9.53 Å². The number of carbonyl (C=O) groups excluding carboxylic acids is 1. The second kappa shape index (κ2) is 11.0. The lowest BCUT2D eigenvalue weighted by Gasteiger charge is -2.15. The van der Waals surface area contributed by atoms with E-state index in [4.69, 9.17) is 9.72 Å². The first-order chi connectivity index (χ1) is 19.2. The molecule has 1 aliphatic carbocycles. The molecule has 1 aliphatic rings. The van der Waals surface area contributed by atoms with E-state index in [2.05, 4.69) is 20.6 Å². The second-order valence-electron chi connectivity index (χ2n) is 10.0. The lowest BCUT2D eigenvalue weighted by molar-refractivity contribution is -0.115. The van der Waals surface area contributed by atoms with E-state index in [1.807, 2.05) is 72.8 Å². The zero-order valence-corrected chi connectivity index (χ0v) is 21.9. The van der Waals surface area contributed by atoms with E-state index >= 15 is 0 Å². The summed E-state index contributed by atoms with van der Waals surface area (Å²) in [6, 6.07) is 23.4. The highest BCUT2D eigenvalue weighted by Gasteiger charge is 2.20. The maximum absolute atomic E-state index is 13.1. The largest absolute Gasteiger partial charge is 0.497 e. The number of amides is 1. The highest BCUT2D eigenvalue weighted by atomic mass is 16.5. The van der Waals surface area contributed by atoms with Gasteiger partial charge >= 0.3 is 0 Å². The molecule has 2 aromatic heterocycles. The Morgan fingerprint density at radius 3 is 2.54 bits per heavy atom. The van der Waals surface area contributed by atoms with E-state index in [1.165, 1.54) is 25.7 Å². The van der Waals surface area contributed by atoms with Gasteiger partial charge in [0, 0.05) is 5.56 Å². The van der Waals surface area contributed by atoms with Crippen molar-refractivity contribution in [2.24, 2.45) is 5.92 Å². The summed E-state index contributed by atoms with van der Waals surface area (Å²) in [7, 11) is 1.65. The number of ether oxygens (including phenoxy) is 1. The van der Waals surface area contributed by atoms with E-state index in [0.29, 0.717) is 11.7 Å². The van der Waals surface area contributed by atoms with Gasteiger partial charge < -0.3 is 10.1 Å². The molecule has 0 radical (unpaired) electrons. The smallest absolute Gasteiger partial charge is 0.229 e. The standard InChI is InChI=1S/C31H30N6O2/c1-39-25-16-12-23(13-17-25)28-20-32-31(27(33-28)18-21-6-2-3-7-21)34-30(38)19-22-10-14-24(15-11-22)37-29-9-5-4-8-26(29)35-36-37/h4-5,8-17,20-21H,2-3,6-7,18-19H2,1H3,(H,32,34,38). The molecule has 8 heteroatoms. The summed E-state index contributed by atoms with van der Waals surface area (Å²) in [6.45, 7) is 0. The van der Waals surface area contributed by atoms with Crippen molar-refractivity contribution in [1.82, 2.24) is 25.0 Å². The van der Waals surface area contributed by atoms with E-state index in [-0.39, 0.29) is 12.3 Å². The van der Waals surface area contributed by atoms with Crippen LogP contribution in [0.3, 0.4) is 0 Å². The molecule has 0 saturated heterocycles. The van der Waals surface area contributed by atoms with Gasteiger partial charge in [-0.05, 0) is 66.4 Å². The number of aromatic nitrogens is 5.